The van der Waals surface area contributed by atoms with Gasteiger partial charge in [-0.2, -0.15) is 0 Å². The minimum absolute atomic E-state index is 0.0297. The van der Waals surface area contributed by atoms with Gasteiger partial charge in [0.15, 0.2) is 11.5 Å². The summed E-state index contributed by atoms with van der Waals surface area (Å²) in [6.45, 7) is 6.25. The van der Waals surface area contributed by atoms with Crippen LogP contribution >= 0.6 is 11.3 Å². The van der Waals surface area contributed by atoms with Crippen molar-refractivity contribution in [2.24, 2.45) is 0 Å². The standard InChI is InChI=1S/C27H27N3O4S/c1-3-29(15-20-5-4-6-22-25(20)34-14-13-33-22)23(31)11-12-30-17-28-26-24(27(30)32)21(16-35-26)19-9-7-18(2)8-10-19/h4-10,16-17H,3,11-15H2,1-2H3. The van der Waals surface area contributed by atoms with Gasteiger partial charge < -0.3 is 14.4 Å². The van der Waals surface area contributed by atoms with Crippen LogP contribution in [-0.2, 0) is 17.9 Å². The third-order valence-corrected chi connectivity index (χ3v) is 7.12. The number of amides is 1. The van der Waals surface area contributed by atoms with Crippen LogP contribution in [0.3, 0.4) is 0 Å². The summed E-state index contributed by atoms with van der Waals surface area (Å²) in [6, 6.07) is 13.9. The topological polar surface area (TPSA) is 73.7 Å². The van der Waals surface area contributed by atoms with Gasteiger partial charge in [-0.1, -0.05) is 42.0 Å². The van der Waals surface area contributed by atoms with E-state index < -0.39 is 0 Å². The zero-order valence-electron chi connectivity index (χ0n) is 19.8. The fourth-order valence-electron chi connectivity index (χ4n) is 4.29. The number of hydrogen-bond donors (Lipinski definition) is 0. The Kier molecular flexibility index (Phi) is 6.55. The summed E-state index contributed by atoms with van der Waals surface area (Å²) < 4.78 is 13.0. The molecule has 0 saturated carbocycles. The van der Waals surface area contributed by atoms with Gasteiger partial charge in [-0.3, -0.25) is 14.2 Å². The number of benzene rings is 2. The Morgan fingerprint density at radius 1 is 1.14 bits per heavy atom. The molecule has 180 valence electrons. The van der Waals surface area contributed by atoms with E-state index in [4.69, 9.17) is 9.47 Å². The number of nitrogens with zero attached hydrogens (tertiary/aromatic N) is 3. The van der Waals surface area contributed by atoms with E-state index in [-0.39, 0.29) is 24.4 Å². The first-order valence-electron chi connectivity index (χ1n) is 11.7. The Bertz CT molecular complexity index is 1420. The van der Waals surface area contributed by atoms with Crippen LogP contribution in [0.2, 0.25) is 0 Å². The maximum Gasteiger partial charge on any atom is 0.262 e. The Balaban J connectivity index is 1.33. The summed E-state index contributed by atoms with van der Waals surface area (Å²) in [6.07, 6.45) is 1.75. The molecule has 1 aliphatic heterocycles. The third kappa shape index (κ3) is 4.66. The molecule has 4 aromatic rings. The van der Waals surface area contributed by atoms with Crippen LogP contribution in [0.15, 0.2) is 59.0 Å². The van der Waals surface area contributed by atoms with Crippen molar-refractivity contribution in [3.8, 4) is 22.6 Å². The SMILES string of the molecule is CCN(Cc1cccc2c1OCCO2)C(=O)CCn1cnc2scc(-c3ccc(C)cc3)c2c1=O. The number of carbonyl (C=O) groups is 1. The van der Waals surface area contributed by atoms with Crippen LogP contribution in [0.5, 0.6) is 11.5 Å². The molecule has 0 saturated heterocycles. The second-order valence-corrected chi connectivity index (χ2v) is 9.40. The molecule has 3 heterocycles. The molecule has 2 aromatic heterocycles. The number of thiophene rings is 1. The summed E-state index contributed by atoms with van der Waals surface area (Å²) in [5.74, 6) is 1.39. The molecule has 0 unspecified atom stereocenters. The van der Waals surface area contributed by atoms with Crippen LogP contribution in [0.1, 0.15) is 24.5 Å². The second-order valence-electron chi connectivity index (χ2n) is 8.54. The zero-order chi connectivity index (χ0) is 24.4. The lowest BCUT2D eigenvalue weighted by Gasteiger charge is -2.25. The maximum absolute atomic E-state index is 13.3. The molecule has 0 atom stereocenters. The predicted molar refractivity (Wildman–Crippen MR) is 137 cm³/mol. The number of fused-ring (bicyclic) bond motifs is 2. The molecule has 0 radical (unpaired) electrons. The first kappa shape index (κ1) is 23.1. The molecular weight excluding hydrogens is 462 g/mol. The first-order valence-corrected chi connectivity index (χ1v) is 12.6. The maximum atomic E-state index is 13.3. The summed E-state index contributed by atoms with van der Waals surface area (Å²) in [5, 5.41) is 2.58. The number of aromatic nitrogens is 2. The monoisotopic (exact) mass is 489 g/mol. The lowest BCUT2D eigenvalue weighted by molar-refractivity contribution is -0.131. The van der Waals surface area contributed by atoms with Crippen LogP contribution in [-0.4, -0.2) is 40.1 Å². The van der Waals surface area contributed by atoms with E-state index in [1.54, 1.807) is 15.8 Å². The van der Waals surface area contributed by atoms with Crippen molar-refractivity contribution in [2.45, 2.75) is 33.4 Å². The Labute approximate surface area is 207 Å². The molecule has 0 bridgehead atoms. The normalized spacial score (nSPS) is 12.6. The average Bonchev–Trinajstić information content (AvgIpc) is 3.32. The number of hydrogen-bond acceptors (Lipinski definition) is 6. The van der Waals surface area contributed by atoms with Gasteiger partial charge in [0.2, 0.25) is 5.91 Å². The van der Waals surface area contributed by atoms with Gasteiger partial charge in [0.1, 0.15) is 18.0 Å². The highest BCUT2D eigenvalue weighted by atomic mass is 32.1. The fourth-order valence-corrected chi connectivity index (χ4v) is 5.19. The summed E-state index contributed by atoms with van der Waals surface area (Å²) in [5.41, 5.74) is 3.83. The summed E-state index contributed by atoms with van der Waals surface area (Å²) in [7, 11) is 0. The molecule has 35 heavy (non-hydrogen) atoms. The molecule has 0 fully saturated rings. The minimum Gasteiger partial charge on any atom is -0.486 e. The number of carbonyl (C=O) groups excluding carboxylic acids is 1. The van der Waals surface area contributed by atoms with E-state index in [0.717, 1.165) is 22.3 Å². The van der Waals surface area contributed by atoms with Gasteiger partial charge in [-0.15, -0.1) is 11.3 Å². The van der Waals surface area contributed by atoms with Crippen LogP contribution in [0.25, 0.3) is 21.3 Å². The molecule has 8 heteroatoms. The summed E-state index contributed by atoms with van der Waals surface area (Å²) in [4.78, 5) is 33.4. The Hall–Kier alpha value is -3.65. The van der Waals surface area contributed by atoms with E-state index >= 15 is 0 Å². The van der Waals surface area contributed by atoms with Gasteiger partial charge in [0.25, 0.3) is 5.56 Å². The largest absolute Gasteiger partial charge is 0.486 e. The second kappa shape index (κ2) is 9.92. The lowest BCUT2D eigenvalue weighted by Crippen LogP contribution is -2.32. The van der Waals surface area contributed by atoms with E-state index in [9.17, 15) is 9.59 Å². The first-order chi connectivity index (χ1) is 17.0. The van der Waals surface area contributed by atoms with E-state index in [0.29, 0.717) is 48.0 Å². The zero-order valence-corrected chi connectivity index (χ0v) is 20.6. The molecule has 1 amide bonds. The predicted octanol–water partition coefficient (Wildman–Crippen LogP) is 4.64. The van der Waals surface area contributed by atoms with Gasteiger partial charge in [0.05, 0.1) is 11.7 Å². The highest BCUT2D eigenvalue weighted by Crippen LogP contribution is 2.34. The van der Waals surface area contributed by atoms with Crippen LogP contribution < -0.4 is 15.0 Å². The molecule has 2 aromatic carbocycles. The van der Waals surface area contributed by atoms with Crippen molar-refractivity contribution in [1.82, 2.24) is 14.5 Å². The molecule has 1 aliphatic rings. The molecular formula is C27H27N3O4S. The van der Waals surface area contributed by atoms with Crippen LogP contribution in [0.4, 0.5) is 0 Å². The van der Waals surface area contributed by atoms with E-state index in [1.165, 1.54) is 11.3 Å². The quantitative estimate of drug-likeness (QED) is 0.378. The van der Waals surface area contributed by atoms with Gasteiger partial charge in [0, 0.05) is 42.6 Å². The number of aryl methyl sites for hydroxylation is 2. The Morgan fingerprint density at radius 2 is 1.94 bits per heavy atom. The highest BCUT2D eigenvalue weighted by Gasteiger charge is 2.20. The van der Waals surface area contributed by atoms with Crippen molar-refractivity contribution in [2.75, 3.05) is 19.8 Å². The summed E-state index contributed by atoms with van der Waals surface area (Å²) >= 11 is 1.46. The van der Waals surface area contributed by atoms with E-state index in [1.807, 2.05) is 61.7 Å². The van der Waals surface area contributed by atoms with Crippen molar-refractivity contribution >= 4 is 27.5 Å². The van der Waals surface area contributed by atoms with Crippen molar-refractivity contribution in [3.63, 3.8) is 0 Å². The molecule has 0 N–H and O–H groups in total. The van der Waals surface area contributed by atoms with E-state index in [2.05, 4.69) is 4.98 Å². The molecule has 0 spiro atoms. The highest BCUT2D eigenvalue weighted by molar-refractivity contribution is 7.17. The number of para-hydroxylation sites is 1. The van der Waals surface area contributed by atoms with Gasteiger partial charge in [-0.25, -0.2) is 4.98 Å². The van der Waals surface area contributed by atoms with Crippen molar-refractivity contribution < 1.29 is 14.3 Å². The average molecular weight is 490 g/mol. The fraction of sp³-hybridized carbons (Fsp3) is 0.296. The third-order valence-electron chi connectivity index (χ3n) is 6.23. The van der Waals surface area contributed by atoms with Crippen molar-refractivity contribution in [3.05, 3.63) is 75.7 Å². The number of rotatable bonds is 7. The number of ether oxygens (including phenoxy) is 2. The smallest absolute Gasteiger partial charge is 0.262 e. The van der Waals surface area contributed by atoms with Crippen LogP contribution in [0, 0.1) is 6.92 Å². The molecule has 0 aliphatic carbocycles. The van der Waals surface area contributed by atoms with Gasteiger partial charge in [-0.05, 0) is 25.5 Å². The van der Waals surface area contributed by atoms with Gasteiger partial charge >= 0.3 is 0 Å². The molecule has 7 nitrogen and oxygen atoms in total. The molecule has 5 rings (SSSR count). The lowest BCUT2D eigenvalue weighted by atomic mass is 10.1. The Morgan fingerprint density at radius 3 is 2.74 bits per heavy atom. The van der Waals surface area contributed by atoms with Crippen molar-refractivity contribution in [1.29, 1.82) is 0 Å². The minimum atomic E-state index is -0.120.